The van der Waals surface area contributed by atoms with Gasteiger partial charge < -0.3 is 4.74 Å². The Kier molecular flexibility index (Phi) is 4.45. The zero-order chi connectivity index (χ0) is 13.7. The fourth-order valence-corrected chi connectivity index (χ4v) is 2.30. The molecule has 0 bridgehead atoms. The molecule has 19 heavy (non-hydrogen) atoms. The Morgan fingerprint density at radius 1 is 0.895 bits per heavy atom. The zero-order valence-electron chi connectivity index (χ0n) is 10.1. The molecule has 0 saturated heterocycles. The molecule has 0 saturated carbocycles. The standard InChI is InChI=1S/C14H13ClO3S/c15-19(16,17)11-10-12-6-8-14(9-7-12)18-13-4-2-1-3-5-13/h1-9H,10-11H2. The number of rotatable bonds is 5. The van der Waals surface area contributed by atoms with Gasteiger partial charge in [0, 0.05) is 10.7 Å². The summed E-state index contributed by atoms with van der Waals surface area (Å²) in [5.74, 6) is 1.41. The van der Waals surface area contributed by atoms with E-state index in [1.165, 1.54) is 0 Å². The minimum Gasteiger partial charge on any atom is -0.457 e. The van der Waals surface area contributed by atoms with Crippen molar-refractivity contribution >= 4 is 19.7 Å². The average molecular weight is 297 g/mol. The van der Waals surface area contributed by atoms with Gasteiger partial charge in [0.2, 0.25) is 9.05 Å². The van der Waals surface area contributed by atoms with Gasteiger partial charge >= 0.3 is 0 Å². The second-order valence-electron chi connectivity index (χ2n) is 4.05. The van der Waals surface area contributed by atoms with E-state index in [1.807, 2.05) is 54.6 Å². The highest BCUT2D eigenvalue weighted by atomic mass is 35.7. The molecule has 2 rings (SSSR count). The van der Waals surface area contributed by atoms with Gasteiger partial charge in [0.25, 0.3) is 0 Å². The van der Waals surface area contributed by atoms with Crippen LogP contribution in [0.4, 0.5) is 0 Å². The van der Waals surface area contributed by atoms with Crippen LogP contribution in [0.3, 0.4) is 0 Å². The van der Waals surface area contributed by atoms with Crippen LogP contribution in [0.1, 0.15) is 5.56 Å². The lowest BCUT2D eigenvalue weighted by molar-refractivity contribution is 0.482. The third kappa shape index (κ3) is 4.93. The number of halogens is 1. The first-order chi connectivity index (χ1) is 9.03. The predicted octanol–water partition coefficient (Wildman–Crippen LogP) is 3.59. The SMILES string of the molecule is O=S(=O)(Cl)CCc1ccc(Oc2ccccc2)cc1. The van der Waals surface area contributed by atoms with Gasteiger partial charge in [-0.25, -0.2) is 8.42 Å². The highest BCUT2D eigenvalue weighted by Crippen LogP contribution is 2.21. The number of aryl methyl sites for hydroxylation is 1. The topological polar surface area (TPSA) is 43.4 Å². The maximum Gasteiger partial charge on any atom is 0.232 e. The summed E-state index contributed by atoms with van der Waals surface area (Å²) in [6, 6.07) is 16.7. The monoisotopic (exact) mass is 296 g/mol. The maximum atomic E-state index is 10.9. The molecule has 0 aliphatic rings. The Balaban J connectivity index is 1.99. The first-order valence-corrected chi connectivity index (χ1v) is 8.25. The molecule has 0 aromatic heterocycles. The minimum absolute atomic E-state index is 0.0621. The van der Waals surface area contributed by atoms with Gasteiger partial charge in [-0.2, -0.15) is 0 Å². The van der Waals surface area contributed by atoms with Crippen molar-refractivity contribution in [2.24, 2.45) is 0 Å². The molecular formula is C14H13ClO3S. The Hall–Kier alpha value is -1.52. The van der Waals surface area contributed by atoms with Crippen LogP contribution in [0, 0.1) is 0 Å². The molecule has 0 radical (unpaired) electrons. The first-order valence-electron chi connectivity index (χ1n) is 5.77. The van der Waals surface area contributed by atoms with Gasteiger partial charge in [0.05, 0.1) is 5.75 Å². The molecule has 3 nitrogen and oxygen atoms in total. The van der Waals surface area contributed by atoms with Gasteiger partial charge in [-0.3, -0.25) is 0 Å². The van der Waals surface area contributed by atoms with Gasteiger partial charge in [-0.1, -0.05) is 30.3 Å². The summed E-state index contributed by atoms with van der Waals surface area (Å²) in [5, 5.41) is 0. The molecule has 0 aliphatic heterocycles. The normalized spacial score (nSPS) is 11.2. The largest absolute Gasteiger partial charge is 0.457 e. The van der Waals surface area contributed by atoms with E-state index in [4.69, 9.17) is 15.4 Å². The van der Waals surface area contributed by atoms with Crippen molar-refractivity contribution in [2.45, 2.75) is 6.42 Å². The van der Waals surface area contributed by atoms with Crippen LogP contribution in [-0.2, 0) is 15.5 Å². The molecule has 0 aliphatic carbocycles. The third-order valence-electron chi connectivity index (χ3n) is 2.54. The molecule has 0 N–H and O–H groups in total. The number of hydrogen-bond acceptors (Lipinski definition) is 3. The van der Waals surface area contributed by atoms with Crippen LogP contribution in [-0.4, -0.2) is 14.2 Å². The van der Waals surface area contributed by atoms with Crippen LogP contribution >= 0.6 is 10.7 Å². The highest BCUT2D eigenvalue weighted by molar-refractivity contribution is 8.13. The van der Waals surface area contributed by atoms with Crippen molar-refractivity contribution < 1.29 is 13.2 Å². The van der Waals surface area contributed by atoms with E-state index in [0.29, 0.717) is 12.2 Å². The molecule has 5 heteroatoms. The molecule has 2 aromatic rings. The van der Waals surface area contributed by atoms with Crippen LogP contribution in [0.15, 0.2) is 54.6 Å². The number of para-hydroxylation sites is 1. The summed E-state index contributed by atoms with van der Waals surface area (Å²) in [6.45, 7) is 0. The summed E-state index contributed by atoms with van der Waals surface area (Å²) in [5.41, 5.74) is 0.907. The summed E-state index contributed by atoms with van der Waals surface area (Å²) < 4.78 is 27.3. The third-order valence-corrected chi connectivity index (χ3v) is 3.69. The summed E-state index contributed by atoms with van der Waals surface area (Å²) in [6.07, 6.45) is 0.400. The number of benzene rings is 2. The molecule has 0 unspecified atom stereocenters. The first kappa shape index (κ1) is 13.9. The van der Waals surface area contributed by atoms with Gasteiger partial charge in [-0.15, -0.1) is 0 Å². The lowest BCUT2D eigenvalue weighted by atomic mass is 10.2. The Bertz CT molecular complexity index is 622. The van der Waals surface area contributed by atoms with Crippen molar-refractivity contribution in [3.05, 3.63) is 60.2 Å². The Morgan fingerprint density at radius 3 is 2.05 bits per heavy atom. The van der Waals surface area contributed by atoms with E-state index in [2.05, 4.69) is 0 Å². The van der Waals surface area contributed by atoms with E-state index in [9.17, 15) is 8.42 Å². The molecule has 0 amide bonds. The minimum atomic E-state index is -3.44. The van der Waals surface area contributed by atoms with Gasteiger partial charge in [0.15, 0.2) is 0 Å². The fraction of sp³-hybridized carbons (Fsp3) is 0.143. The van der Waals surface area contributed by atoms with Crippen molar-refractivity contribution in [3.63, 3.8) is 0 Å². The predicted molar refractivity (Wildman–Crippen MR) is 76.3 cm³/mol. The van der Waals surface area contributed by atoms with Crippen molar-refractivity contribution in [1.29, 1.82) is 0 Å². The second kappa shape index (κ2) is 6.08. The molecule has 0 fully saturated rings. The Labute approximate surface area is 117 Å². The molecule has 0 spiro atoms. The molecule has 2 aromatic carbocycles. The van der Waals surface area contributed by atoms with Crippen LogP contribution < -0.4 is 4.74 Å². The van der Waals surface area contributed by atoms with E-state index >= 15 is 0 Å². The van der Waals surface area contributed by atoms with Gasteiger partial charge in [0.1, 0.15) is 11.5 Å². The van der Waals surface area contributed by atoms with E-state index in [1.54, 1.807) is 0 Å². The quantitative estimate of drug-likeness (QED) is 0.792. The summed E-state index contributed by atoms with van der Waals surface area (Å²) in [4.78, 5) is 0. The van der Waals surface area contributed by atoms with E-state index in [-0.39, 0.29) is 5.75 Å². The molecule has 0 atom stereocenters. The lowest BCUT2D eigenvalue weighted by Crippen LogP contribution is -2.00. The average Bonchev–Trinajstić information content (AvgIpc) is 2.38. The second-order valence-corrected chi connectivity index (χ2v) is 6.95. The van der Waals surface area contributed by atoms with Crippen molar-refractivity contribution in [3.8, 4) is 11.5 Å². The van der Waals surface area contributed by atoms with Crippen molar-refractivity contribution in [2.75, 3.05) is 5.75 Å². The maximum absolute atomic E-state index is 10.9. The van der Waals surface area contributed by atoms with E-state index < -0.39 is 9.05 Å². The lowest BCUT2D eigenvalue weighted by Gasteiger charge is -2.06. The van der Waals surface area contributed by atoms with Crippen LogP contribution in [0.25, 0.3) is 0 Å². The molecule has 100 valence electrons. The Morgan fingerprint density at radius 2 is 1.47 bits per heavy atom. The zero-order valence-corrected chi connectivity index (χ0v) is 11.7. The van der Waals surface area contributed by atoms with Crippen LogP contribution in [0.5, 0.6) is 11.5 Å². The van der Waals surface area contributed by atoms with Crippen molar-refractivity contribution in [1.82, 2.24) is 0 Å². The summed E-state index contributed by atoms with van der Waals surface area (Å²) >= 11 is 0. The fourth-order valence-electron chi connectivity index (χ4n) is 1.59. The van der Waals surface area contributed by atoms with Crippen LogP contribution in [0.2, 0.25) is 0 Å². The van der Waals surface area contributed by atoms with Gasteiger partial charge in [-0.05, 0) is 36.2 Å². The highest BCUT2D eigenvalue weighted by Gasteiger charge is 2.05. The molecular weight excluding hydrogens is 284 g/mol. The number of ether oxygens (including phenoxy) is 1. The summed E-state index contributed by atoms with van der Waals surface area (Å²) in [7, 11) is 1.73. The molecule has 0 heterocycles. The number of hydrogen-bond donors (Lipinski definition) is 0. The smallest absolute Gasteiger partial charge is 0.232 e. The van der Waals surface area contributed by atoms with E-state index in [0.717, 1.165) is 11.3 Å².